The minimum absolute atomic E-state index is 0. The molecule has 0 aliphatic rings. The van der Waals surface area contributed by atoms with Crippen LogP contribution in [0.15, 0.2) is 0 Å². The van der Waals surface area contributed by atoms with E-state index < -0.39 is 21.5 Å². The normalized spacial score (nSPS) is 14.3. The van der Waals surface area contributed by atoms with Gasteiger partial charge in [-0.3, -0.25) is 0 Å². The first-order valence-corrected chi connectivity index (χ1v) is 10.5. The van der Waals surface area contributed by atoms with E-state index in [0.717, 1.165) is 19.3 Å². The summed E-state index contributed by atoms with van der Waals surface area (Å²) in [6.07, 6.45) is 14.2. The van der Waals surface area contributed by atoms with Crippen LogP contribution in [0.2, 0.25) is 0 Å². The van der Waals surface area contributed by atoms with Crippen molar-refractivity contribution in [3.05, 3.63) is 0 Å². The molecule has 0 aromatic carbocycles. The second-order valence-electron chi connectivity index (χ2n) is 6.44. The molecule has 0 aliphatic heterocycles. The molecule has 1 N–H and O–H groups in total. The number of rotatable bonds is 15. The van der Waals surface area contributed by atoms with E-state index >= 15 is 0 Å². The predicted molar refractivity (Wildman–Crippen MR) is 90.9 cm³/mol. The van der Waals surface area contributed by atoms with Gasteiger partial charge in [0.1, 0.15) is 0 Å². The predicted octanol–water partition coefficient (Wildman–Crippen LogP) is 1.38. The van der Waals surface area contributed by atoms with Crippen molar-refractivity contribution in [2.75, 3.05) is 0 Å². The first-order chi connectivity index (χ1) is 10.4. The van der Waals surface area contributed by atoms with Gasteiger partial charge in [-0.1, -0.05) is 84.0 Å². The summed E-state index contributed by atoms with van der Waals surface area (Å²) in [4.78, 5) is 0. The minimum atomic E-state index is -4.37. The molecule has 0 aromatic rings. The van der Waals surface area contributed by atoms with Crippen molar-refractivity contribution in [3.63, 3.8) is 0 Å². The number of hydrogen-bond donors (Lipinski definition) is 1. The fraction of sp³-hybridized carbons (Fsp3) is 1.00. The van der Waals surface area contributed by atoms with E-state index in [9.17, 15) is 18.1 Å². The molecule has 6 heteroatoms. The second-order valence-corrected chi connectivity index (χ2v) is 8.17. The zero-order valence-electron chi connectivity index (χ0n) is 15.4. The topological polar surface area (TPSA) is 77.4 Å². The summed E-state index contributed by atoms with van der Waals surface area (Å²) in [5.74, 6) is 0. The van der Waals surface area contributed by atoms with Gasteiger partial charge in [0.15, 0.2) is 0 Å². The number of unbranched alkanes of at least 4 members (excludes halogenated alkanes) is 11. The minimum Gasteiger partial charge on any atom is -0.748 e. The fourth-order valence-corrected chi connectivity index (χ4v) is 3.14. The van der Waals surface area contributed by atoms with Gasteiger partial charge in [0.05, 0.1) is 21.5 Å². The van der Waals surface area contributed by atoms with Crippen LogP contribution in [0, 0.1) is 0 Å². The van der Waals surface area contributed by atoms with Crippen molar-refractivity contribution in [2.45, 2.75) is 109 Å². The Bertz CT molecular complexity index is 347. The molecule has 0 amide bonds. The molecule has 0 rings (SSSR count). The van der Waals surface area contributed by atoms with Crippen LogP contribution in [0.1, 0.15) is 97.3 Å². The van der Waals surface area contributed by atoms with E-state index in [-0.39, 0.29) is 29.6 Å². The van der Waals surface area contributed by atoms with E-state index in [0.29, 0.717) is 6.42 Å². The molecule has 0 aliphatic carbocycles. The Morgan fingerprint density at radius 2 is 1.17 bits per heavy atom. The van der Waals surface area contributed by atoms with Gasteiger partial charge in [-0.05, 0) is 13.3 Å². The molecule has 0 fully saturated rings. The number of aliphatic hydroxyl groups is 1. The Balaban J connectivity index is 0. The van der Waals surface area contributed by atoms with Crippen LogP contribution in [-0.4, -0.2) is 29.4 Å². The first kappa shape index (κ1) is 26.1. The smallest absolute Gasteiger partial charge is 0.748 e. The molecule has 4 nitrogen and oxygen atoms in total. The molecule has 0 heterocycles. The van der Waals surface area contributed by atoms with Gasteiger partial charge in [0.2, 0.25) is 0 Å². The van der Waals surface area contributed by atoms with Gasteiger partial charge in [-0.15, -0.1) is 0 Å². The van der Waals surface area contributed by atoms with Crippen molar-refractivity contribution in [2.24, 2.45) is 0 Å². The second kappa shape index (κ2) is 16.3. The largest absolute Gasteiger partial charge is 1.00 e. The third kappa shape index (κ3) is 16.1. The Labute approximate surface area is 165 Å². The Morgan fingerprint density at radius 3 is 1.52 bits per heavy atom. The average Bonchev–Trinajstić information content (AvgIpc) is 2.46. The van der Waals surface area contributed by atoms with Crippen molar-refractivity contribution in [1.29, 1.82) is 0 Å². The quantitative estimate of drug-likeness (QED) is 0.272. The molecule has 2 atom stereocenters. The van der Waals surface area contributed by atoms with Crippen LogP contribution in [-0.2, 0) is 10.1 Å². The maximum Gasteiger partial charge on any atom is 1.00 e. The molecule has 23 heavy (non-hydrogen) atoms. The van der Waals surface area contributed by atoms with Crippen LogP contribution >= 0.6 is 0 Å². The maximum absolute atomic E-state index is 10.8. The van der Waals surface area contributed by atoms with Gasteiger partial charge in [-0.25, -0.2) is 8.42 Å². The summed E-state index contributed by atoms with van der Waals surface area (Å²) in [5.41, 5.74) is 0. The Kier molecular flexibility index (Phi) is 18.5. The average molecular weight is 359 g/mol. The monoisotopic (exact) mass is 358 g/mol. The molecule has 2 unspecified atom stereocenters. The van der Waals surface area contributed by atoms with E-state index in [2.05, 4.69) is 6.92 Å². The summed E-state index contributed by atoms with van der Waals surface area (Å²) in [6.45, 7) is 3.52. The molecule has 0 spiro atoms. The molecular formula is C17H35NaO4S. The zero-order valence-corrected chi connectivity index (χ0v) is 18.2. The number of hydrogen-bond acceptors (Lipinski definition) is 4. The van der Waals surface area contributed by atoms with Crippen molar-refractivity contribution < 1.29 is 47.6 Å². The molecule has 0 saturated carbocycles. The molecule has 0 bridgehead atoms. The first-order valence-electron chi connectivity index (χ1n) is 9.02. The van der Waals surface area contributed by atoms with Crippen molar-refractivity contribution >= 4 is 10.1 Å². The molecule has 0 saturated heterocycles. The SMILES string of the molecule is CCCCCCCCCCCCCCC(O)C(C)S(=O)(=O)[O-].[Na+]. The summed E-state index contributed by atoms with van der Waals surface area (Å²) in [5, 5.41) is 8.44. The van der Waals surface area contributed by atoms with Crippen molar-refractivity contribution in [1.82, 2.24) is 0 Å². The molecule has 0 radical (unpaired) electrons. The summed E-state index contributed by atoms with van der Waals surface area (Å²) in [6, 6.07) is 0. The van der Waals surface area contributed by atoms with Crippen LogP contribution < -0.4 is 29.6 Å². The van der Waals surface area contributed by atoms with Crippen molar-refractivity contribution in [3.8, 4) is 0 Å². The van der Waals surface area contributed by atoms with Gasteiger partial charge < -0.3 is 9.66 Å². The zero-order chi connectivity index (χ0) is 16.8. The molecule has 134 valence electrons. The molecular weight excluding hydrogens is 323 g/mol. The number of aliphatic hydroxyl groups excluding tert-OH is 1. The van der Waals surface area contributed by atoms with Gasteiger partial charge in [-0.2, -0.15) is 0 Å². The van der Waals surface area contributed by atoms with E-state index in [1.807, 2.05) is 0 Å². The van der Waals surface area contributed by atoms with Gasteiger partial charge in [0.25, 0.3) is 0 Å². The Morgan fingerprint density at radius 1 is 0.826 bits per heavy atom. The van der Waals surface area contributed by atoms with Gasteiger partial charge >= 0.3 is 29.6 Å². The standard InChI is InChI=1S/C17H36O4S.Na/c1-3-4-5-6-7-8-9-10-11-12-13-14-15-17(18)16(2)22(19,20)21;/h16-18H,3-15H2,1-2H3,(H,19,20,21);/q;+1/p-1. The fourth-order valence-electron chi connectivity index (χ4n) is 2.62. The summed E-state index contributed by atoms with van der Waals surface area (Å²) < 4.78 is 32.3. The van der Waals surface area contributed by atoms with Crippen LogP contribution in [0.4, 0.5) is 0 Å². The molecule has 0 aromatic heterocycles. The van der Waals surface area contributed by atoms with Crippen LogP contribution in [0.3, 0.4) is 0 Å². The van der Waals surface area contributed by atoms with E-state index in [1.54, 1.807) is 0 Å². The maximum atomic E-state index is 10.8. The van der Waals surface area contributed by atoms with E-state index in [4.69, 9.17) is 0 Å². The third-order valence-corrected chi connectivity index (χ3v) is 5.58. The summed E-state index contributed by atoms with van der Waals surface area (Å²) in [7, 11) is -4.37. The van der Waals surface area contributed by atoms with Crippen LogP contribution in [0.25, 0.3) is 0 Å². The third-order valence-electron chi connectivity index (χ3n) is 4.35. The van der Waals surface area contributed by atoms with E-state index in [1.165, 1.54) is 64.7 Å². The summed E-state index contributed by atoms with van der Waals surface area (Å²) >= 11 is 0. The Hall–Kier alpha value is 0.870. The van der Waals surface area contributed by atoms with Crippen LogP contribution in [0.5, 0.6) is 0 Å². The van der Waals surface area contributed by atoms with Gasteiger partial charge in [0, 0.05) is 0 Å².